The SMILES string of the molecule is CC(C)[C@@H]1CC[C@@H](C)[C@@H]2[C@@H](C(=O)NC3CCCC3)[C@@H]21.CC(C)[C@@H]1CC[C@@H](C)[C@H]2[C@H](C(=O)NC3CCCC3)[C@H]21. The molecule has 0 aliphatic heterocycles. The molecule has 6 aliphatic rings. The van der Waals surface area contributed by atoms with E-state index in [4.69, 9.17) is 0 Å². The van der Waals surface area contributed by atoms with Crippen LogP contribution in [0.4, 0.5) is 0 Å². The van der Waals surface area contributed by atoms with Crippen molar-refractivity contribution in [3.63, 3.8) is 0 Å². The molecule has 0 heterocycles. The maximum atomic E-state index is 12.5. The van der Waals surface area contributed by atoms with Gasteiger partial charge in [-0.1, -0.05) is 80.1 Å². The molecule has 38 heavy (non-hydrogen) atoms. The number of fused-ring (bicyclic) bond motifs is 2. The Labute approximate surface area is 233 Å². The molecule has 0 aromatic heterocycles. The van der Waals surface area contributed by atoms with Crippen molar-refractivity contribution in [2.75, 3.05) is 0 Å². The van der Waals surface area contributed by atoms with Gasteiger partial charge in [-0.15, -0.1) is 0 Å². The lowest BCUT2D eigenvalue weighted by Crippen LogP contribution is -2.34. The minimum Gasteiger partial charge on any atom is -0.353 e. The van der Waals surface area contributed by atoms with E-state index in [0.29, 0.717) is 59.4 Å². The molecular weight excluding hydrogens is 468 g/mol. The summed E-state index contributed by atoms with van der Waals surface area (Å²) < 4.78 is 0. The van der Waals surface area contributed by atoms with Crippen molar-refractivity contribution in [2.24, 2.45) is 71.0 Å². The van der Waals surface area contributed by atoms with Gasteiger partial charge in [0.25, 0.3) is 0 Å². The topological polar surface area (TPSA) is 58.2 Å². The molecule has 0 spiro atoms. The molecule has 6 fully saturated rings. The molecule has 0 aromatic carbocycles. The fourth-order valence-electron chi connectivity index (χ4n) is 9.96. The Kier molecular flexibility index (Phi) is 8.85. The third-order valence-corrected chi connectivity index (χ3v) is 12.2. The number of carbonyl (C=O) groups excluding carboxylic acids is 2. The average Bonchev–Trinajstić information content (AvgIpc) is 3.65. The maximum absolute atomic E-state index is 12.5. The molecule has 0 unspecified atom stereocenters. The highest BCUT2D eigenvalue weighted by Crippen LogP contribution is 2.63. The summed E-state index contributed by atoms with van der Waals surface area (Å²) in [6.45, 7) is 14.1. The molecule has 4 nitrogen and oxygen atoms in total. The highest BCUT2D eigenvalue weighted by atomic mass is 16.2. The molecule has 0 radical (unpaired) electrons. The Morgan fingerprint density at radius 2 is 0.868 bits per heavy atom. The first-order chi connectivity index (χ1) is 18.2. The Morgan fingerprint density at radius 1 is 0.526 bits per heavy atom. The summed E-state index contributed by atoms with van der Waals surface area (Å²) in [6.07, 6.45) is 15.4. The van der Waals surface area contributed by atoms with E-state index in [2.05, 4.69) is 52.2 Å². The predicted octanol–water partition coefficient (Wildman–Crippen LogP) is 7.22. The van der Waals surface area contributed by atoms with Crippen LogP contribution in [0.1, 0.15) is 119 Å². The standard InChI is InChI=1S/2C17H29NO/c2*1-10(2)13-9-8-11(3)14-15(13)16(14)17(19)18-12-6-4-5-7-12/h2*10-16H,4-9H2,1-3H3,(H,18,19)/t11-,13+,14+,15-,16-;11-,13+,14-,15+,16+/m11/s1. The molecule has 0 saturated heterocycles. The van der Waals surface area contributed by atoms with Crippen molar-refractivity contribution >= 4 is 11.8 Å². The van der Waals surface area contributed by atoms with Crippen molar-refractivity contribution in [3.8, 4) is 0 Å². The lowest BCUT2D eigenvalue weighted by atomic mass is 9.77. The van der Waals surface area contributed by atoms with Gasteiger partial charge in [-0.3, -0.25) is 9.59 Å². The van der Waals surface area contributed by atoms with Crippen molar-refractivity contribution < 1.29 is 9.59 Å². The summed E-state index contributed by atoms with van der Waals surface area (Å²) in [5.74, 6) is 8.87. The second kappa shape index (κ2) is 11.8. The van der Waals surface area contributed by atoms with Crippen LogP contribution in [0.5, 0.6) is 0 Å². The first-order valence-corrected chi connectivity index (χ1v) is 16.8. The van der Waals surface area contributed by atoms with Gasteiger partial charge in [0.15, 0.2) is 0 Å². The Bertz CT molecular complexity index is 758. The van der Waals surface area contributed by atoms with E-state index >= 15 is 0 Å². The largest absolute Gasteiger partial charge is 0.353 e. The average molecular weight is 527 g/mol. The summed E-state index contributed by atoms with van der Waals surface area (Å²) in [6, 6.07) is 0.978. The van der Waals surface area contributed by atoms with Crippen LogP contribution in [0.2, 0.25) is 0 Å². The monoisotopic (exact) mass is 526 g/mol. The van der Waals surface area contributed by atoms with E-state index in [9.17, 15) is 9.59 Å². The van der Waals surface area contributed by atoms with Gasteiger partial charge in [0.1, 0.15) is 0 Å². The summed E-state index contributed by atoms with van der Waals surface area (Å²) in [5, 5.41) is 6.68. The van der Waals surface area contributed by atoms with Gasteiger partial charge in [0, 0.05) is 23.9 Å². The van der Waals surface area contributed by atoms with E-state index in [1.165, 1.54) is 77.0 Å². The lowest BCUT2D eigenvalue weighted by molar-refractivity contribution is -0.124. The second-order valence-electron chi connectivity index (χ2n) is 15.3. The minimum absolute atomic E-state index is 0.352. The smallest absolute Gasteiger partial charge is 0.223 e. The van der Waals surface area contributed by atoms with Crippen LogP contribution in [0.3, 0.4) is 0 Å². The zero-order valence-corrected chi connectivity index (χ0v) is 25.4. The van der Waals surface area contributed by atoms with E-state index in [1.807, 2.05) is 0 Å². The predicted molar refractivity (Wildman–Crippen MR) is 155 cm³/mol. The van der Waals surface area contributed by atoms with E-state index in [0.717, 1.165) is 35.5 Å². The van der Waals surface area contributed by atoms with Crippen molar-refractivity contribution in [2.45, 2.75) is 131 Å². The van der Waals surface area contributed by atoms with Crippen LogP contribution in [0.15, 0.2) is 0 Å². The van der Waals surface area contributed by atoms with Gasteiger partial charge in [-0.2, -0.15) is 0 Å². The van der Waals surface area contributed by atoms with Crippen molar-refractivity contribution in [1.82, 2.24) is 10.6 Å². The van der Waals surface area contributed by atoms with Crippen LogP contribution in [0, 0.1) is 71.0 Å². The van der Waals surface area contributed by atoms with Crippen LogP contribution in [-0.2, 0) is 9.59 Å². The second-order valence-corrected chi connectivity index (χ2v) is 15.3. The van der Waals surface area contributed by atoms with Gasteiger partial charge in [-0.25, -0.2) is 0 Å². The van der Waals surface area contributed by atoms with E-state index < -0.39 is 0 Å². The first-order valence-electron chi connectivity index (χ1n) is 16.8. The Hall–Kier alpha value is -1.06. The maximum Gasteiger partial charge on any atom is 0.223 e. The number of carbonyl (C=O) groups is 2. The normalized spacial score (nSPS) is 42.2. The number of hydrogen-bond donors (Lipinski definition) is 2. The third kappa shape index (κ3) is 5.85. The summed E-state index contributed by atoms with van der Waals surface area (Å²) in [5.41, 5.74) is 0. The van der Waals surface area contributed by atoms with Gasteiger partial charge in [-0.05, 0) is 97.7 Å². The van der Waals surface area contributed by atoms with Crippen LogP contribution < -0.4 is 10.6 Å². The van der Waals surface area contributed by atoms with E-state index in [-0.39, 0.29) is 0 Å². The van der Waals surface area contributed by atoms with Gasteiger partial charge in [0.2, 0.25) is 11.8 Å². The number of amides is 2. The molecular formula is C34H58N2O2. The van der Waals surface area contributed by atoms with Crippen molar-refractivity contribution in [1.29, 1.82) is 0 Å². The quantitative estimate of drug-likeness (QED) is 0.384. The first kappa shape index (κ1) is 28.5. The zero-order chi connectivity index (χ0) is 27.1. The fourth-order valence-corrected chi connectivity index (χ4v) is 9.96. The summed E-state index contributed by atoms with van der Waals surface area (Å²) in [7, 11) is 0. The molecule has 4 heteroatoms. The van der Waals surface area contributed by atoms with E-state index in [1.54, 1.807) is 0 Å². The highest BCUT2D eigenvalue weighted by molar-refractivity contribution is 5.83. The molecule has 2 N–H and O–H groups in total. The van der Waals surface area contributed by atoms with Crippen LogP contribution >= 0.6 is 0 Å². The van der Waals surface area contributed by atoms with Gasteiger partial charge in [0.05, 0.1) is 0 Å². The molecule has 6 saturated carbocycles. The van der Waals surface area contributed by atoms with Gasteiger partial charge >= 0.3 is 0 Å². The Morgan fingerprint density at radius 3 is 1.18 bits per heavy atom. The van der Waals surface area contributed by atoms with Crippen molar-refractivity contribution in [3.05, 3.63) is 0 Å². The lowest BCUT2D eigenvalue weighted by Gasteiger charge is -2.28. The molecule has 6 aliphatic carbocycles. The minimum atomic E-state index is 0.352. The zero-order valence-electron chi connectivity index (χ0n) is 25.4. The van der Waals surface area contributed by atoms with Gasteiger partial charge < -0.3 is 10.6 Å². The molecule has 216 valence electrons. The summed E-state index contributed by atoms with van der Waals surface area (Å²) >= 11 is 0. The molecule has 0 aromatic rings. The number of hydrogen-bond acceptors (Lipinski definition) is 2. The third-order valence-electron chi connectivity index (χ3n) is 12.2. The van der Waals surface area contributed by atoms with Crippen LogP contribution in [0.25, 0.3) is 0 Å². The summed E-state index contributed by atoms with van der Waals surface area (Å²) in [4.78, 5) is 25.1. The number of rotatable bonds is 6. The molecule has 10 atom stereocenters. The molecule has 2 amide bonds. The van der Waals surface area contributed by atoms with Crippen LogP contribution in [-0.4, -0.2) is 23.9 Å². The Balaban J connectivity index is 0.000000155. The number of nitrogens with one attached hydrogen (secondary N) is 2. The fraction of sp³-hybridized carbons (Fsp3) is 0.941. The molecule has 6 rings (SSSR count). The highest BCUT2D eigenvalue weighted by Gasteiger charge is 2.63. The molecule has 0 bridgehead atoms.